The van der Waals surface area contributed by atoms with Crippen LogP contribution < -0.4 is 4.72 Å². The van der Waals surface area contributed by atoms with Crippen molar-refractivity contribution in [3.8, 4) is 0 Å². The van der Waals surface area contributed by atoms with Crippen LogP contribution in [0.5, 0.6) is 0 Å². The minimum atomic E-state index is -3.56. The summed E-state index contributed by atoms with van der Waals surface area (Å²) in [5.74, 6) is 0.0197. The van der Waals surface area contributed by atoms with Crippen molar-refractivity contribution >= 4 is 25.7 Å². The second-order valence-corrected chi connectivity index (χ2v) is 8.94. The Balaban J connectivity index is 2.13. The molecule has 1 fully saturated rings. The van der Waals surface area contributed by atoms with Crippen LogP contribution in [0.15, 0.2) is 29.2 Å². The third kappa shape index (κ3) is 3.96. The van der Waals surface area contributed by atoms with Crippen molar-refractivity contribution in [1.29, 1.82) is 0 Å². The van der Waals surface area contributed by atoms with E-state index in [1.54, 1.807) is 6.92 Å². The number of rotatable bonds is 5. The second kappa shape index (κ2) is 6.33. The summed E-state index contributed by atoms with van der Waals surface area (Å²) in [6, 6.07) is 5.80. The summed E-state index contributed by atoms with van der Waals surface area (Å²) in [6.45, 7) is 2.62. The van der Waals surface area contributed by atoms with Crippen molar-refractivity contribution in [3.63, 3.8) is 0 Å². The molecule has 0 bridgehead atoms. The van der Waals surface area contributed by atoms with Crippen LogP contribution in [0.25, 0.3) is 0 Å². The van der Waals surface area contributed by atoms with Crippen LogP contribution in [0.3, 0.4) is 0 Å². The topological polar surface area (TPSA) is 83.5 Å². The number of sulfone groups is 1. The molecule has 1 heterocycles. The van der Waals surface area contributed by atoms with E-state index in [-0.39, 0.29) is 10.6 Å². The van der Waals surface area contributed by atoms with Gasteiger partial charge in [-0.15, -0.1) is 0 Å². The molecule has 0 aromatic heterocycles. The van der Waals surface area contributed by atoms with Gasteiger partial charge in [-0.3, -0.25) is 4.72 Å². The molecule has 1 aliphatic rings. The lowest BCUT2D eigenvalue weighted by molar-refractivity contribution is 0.349. The van der Waals surface area contributed by atoms with Gasteiger partial charge >= 0.3 is 10.2 Å². The first-order valence-electron chi connectivity index (χ1n) is 6.96. The van der Waals surface area contributed by atoms with Crippen molar-refractivity contribution in [2.24, 2.45) is 0 Å². The van der Waals surface area contributed by atoms with Gasteiger partial charge in [-0.05, 0) is 37.1 Å². The largest absolute Gasteiger partial charge is 0.301 e. The quantitative estimate of drug-likeness (QED) is 0.888. The average molecular weight is 332 g/mol. The lowest BCUT2D eigenvalue weighted by Gasteiger charge is -2.26. The van der Waals surface area contributed by atoms with Gasteiger partial charge in [-0.25, -0.2) is 8.42 Å². The molecule has 118 valence electrons. The minimum Gasteiger partial charge on any atom is -0.271 e. The summed E-state index contributed by atoms with van der Waals surface area (Å²) in [5.41, 5.74) is 0.371. The molecule has 0 saturated carbocycles. The van der Waals surface area contributed by atoms with E-state index in [0.29, 0.717) is 18.8 Å². The second-order valence-electron chi connectivity index (χ2n) is 4.99. The van der Waals surface area contributed by atoms with Crippen molar-refractivity contribution in [3.05, 3.63) is 24.3 Å². The Kier molecular flexibility index (Phi) is 4.90. The van der Waals surface area contributed by atoms with E-state index in [4.69, 9.17) is 0 Å². The maximum absolute atomic E-state index is 12.2. The van der Waals surface area contributed by atoms with E-state index in [2.05, 4.69) is 4.72 Å². The van der Waals surface area contributed by atoms with Crippen molar-refractivity contribution < 1.29 is 16.8 Å². The molecule has 1 aliphatic heterocycles. The van der Waals surface area contributed by atoms with Crippen LogP contribution in [0, 0.1) is 0 Å². The Labute approximate surface area is 126 Å². The maximum atomic E-state index is 12.2. The van der Waals surface area contributed by atoms with Crippen LogP contribution in [-0.4, -0.2) is 40.0 Å². The van der Waals surface area contributed by atoms with Crippen LogP contribution in [0.2, 0.25) is 0 Å². The normalized spacial score (nSPS) is 17.6. The molecule has 0 spiro atoms. The summed E-state index contributed by atoms with van der Waals surface area (Å²) in [4.78, 5) is 0.200. The molecule has 8 heteroatoms. The van der Waals surface area contributed by atoms with Gasteiger partial charge in [-0.1, -0.05) is 13.3 Å². The zero-order chi connectivity index (χ0) is 15.5. The first-order chi connectivity index (χ1) is 9.85. The lowest BCUT2D eigenvalue weighted by Crippen LogP contribution is -2.39. The average Bonchev–Trinajstić information content (AvgIpc) is 2.48. The Morgan fingerprint density at radius 3 is 2.10 bits per heavy atom. The predicted octanol–water partition coefficient (Wildman–Crippen LogP) is 1.62. The molecule has 6 nitrogen and oxygen atoms in total. The number of hydrogen-bond donors (Lipinski definition) is 1. The molecule has 0 unspecified atom stereocenters. The highest BCUT2D eigenvalue weighted by molar-refractivity contribution is 7.91. The molecule has 1 aromatic carbocycles. The Hall–Kier alpha value is -1.12. The molecule has 1 N–H and O–H groups in total. The molecular weight excluding hydrogens is 312 g/mol. The minimum absolute atomic E-state index is 0.0197. The summed E-state index contributed by atoms with van der Waals surface area (Å²) < 4.78 is 51.7. The number of anilines is 1. The SMILES string of the molecule is CCS(=O)(=O)c1ccc(NS(=O)(=O)N2CCCCC2)cc1. The predicted molar refractivity (Wildman–Crippen MR) is 82.1 cm³/mol. The zero-order valence-corrected chi connectivity index (χ0v) is 13.6. The van der Waals surface area contributed by atoms with Crippen LogP contribution in [0.4, 0.5) is 5.69 Å². The number of hydrogen-bond acceptors (Lipinski definition) is 4. The Bertz CT molecular complexity index is 675. The third-order valence-corrected chi connectivity index (χ3v) is 6.78. The first-order valence-corrected chi connectivity index (χ1v) is 10.0. The van der Waals surface area contributed by atoms with E-state index in [9.17, 15) is 16.8 Å². The molecule has 0 aliphatic carbocycles. The summed E-state index contributed by atoms with van der Waals surface area (Å²) in [6.07, 6.45) is 2.79. The van der Waals surface area contributed by atoms with Gasteiger partial charge in [0, 0.05) is 18.8 Å². The smallest absolute Gasteiger partial charge is 0.271 e. The van der Waals surface area contributed by atoms with Gasteiger partial charge in [-0.2, -0.15) is 12.7 Å². The monoisotopic (exact) mass is 332 g/mol. The molecule has 1 aromatic rings. The summed E-state index contributed by atoms with van der Waals surface area (Å²) >= 11 is 0. The standard InChI is InChI=1S/C13H20N2O4S2/c1-2-20(16,17)13-8-6-12(7-9-13)14-21(18,19)15-10-4-3-5-11-15/h6-9,14H,2-5,10-11H2,1H3. The van der Waals surface area contributed by atoms with Crippen LogP contribution >= 0.6 is 0 Å². The molecule has 2 rings (SSSR count). The zero-order valence-electron chi connectivity index (χ0n) is 11.9. The first kappa shape index (κ1) is 16.3. The fourth-order valence-electron chi connectivity index (χ4n) is 2.22. The number of benzene rings is 1. The molecule has 0 radical (unpaired) electrons. The maximum Gasteiger partial charge on any atom is 0.301 e. The highest BCUT2D eigenvalue weighted by atomic mass is 32.2. The molecular formula is C13H20N2O4S2. The van der Waals surface area contributed by atoms with Gasteiger partial charge in [0.1, 0.15) is 0 Å². The van der Waals surface area contributed by atoms with E-state index in [1.165, 1.54) is 28.6 Å². The van der Waals surface area contributed by atoms with E-state index in [0.717, 1.165) is 19.3 Å². The molecule has 21 heavy (non-hydrogen) atoms. The van der Waals surface area contributed by atoms with E-state index < -0.39 is 20.0 Å². The van der Waals surface area contributed by atoms with Crippen molar-refractivity contribution in [1.82, 2.24) is 4.31 Å². The van der Waals surface area contributed by atoms with Gasteiger partial charge in [0.15, 0.2) is 9.84 Å². The third-order valence-electron chi connectivity index (χ3n) is 3.50. The van der Waals surface area contributed by atoms with E-state index in [1.807, 2.05) is 0 Å². The molecule has 0 amide bonds. The molecule has 0 atom stereocenters. The lowest BCUT2D eigenvalue weighted by atomic mass is 10.2. The van der Waals surface area contributed by atoms with Crippen LogP contribution in [0.1, 0.15) is 26.2 Å². The van der Waals surface area contributed by atoms with Gasteiger partial charge < -0.3 is 0 Å². The Morgan fingerprint density at radius 1 is 1.00 bits per heavy atom. The van der Waals surface area contributed by atoms with E-state index >= 15 is 0 Å². The van der Waals surface area contributed by atoms with Gasteiger partial charge in [0.25, 0.3) is 0 Å². The number of piperidine rings is 1. The fraction of sp³-hybridized carbons (Fsp3) is 0.538. The van der Waals surface area contributed by atoms with Crippen LogP contribution in [-0.2, 0) is 20.0 Å². The highest BCUT2D eigenvalue weighted by Gasteiger charge is 2.23. The Morgan fingerprint density at radius 2 is 1.57 bits per heavy atom. The van der Waals surface area contributed by atoms with Crippen molar-refractivity contribution in [2.45, 2.75) is 31.1 Å². The van der Waals surface area contributed by atoms with Gasteiger partial charge in [0.2, 0.25) is 0 Å². The summed E-state index contributed by atoms with van der Waals surface area (Å²) in [5, 5.41) is 0. The van der Waals surface area contributed by atoms with Gasteiger partial charge in [0.05, 0.1) is 10.6 Å². The fourth-order valence-corrected chi connectivity index (χ4v) is 4.40. The molecule has 1 saturated heterocycles. The number of nitrogens with zero attached hydrogens (tertiary/aromatic N) is 1. The van der Waals surface area contributed by atoms with Crippen molar-refractivity contribution in [2.75, 3.05) is 23.6 Å². The number of nitrogens with one attached hydrogen (secondary N) is 1. The highest BCUT2D eigenvalue weighted by Crippen LogP contribution is 2.19. The summed E-state index contributed by atoms with van der Waals surface area (Å²) in [7, 11) is -6.82.